The number of nitrogens with two attached hydrogens (primary N) is 1. The summed E-state index contributed by atoms with van der Waals surface area (Å²) in [6.45, 7) is 8.83. The van der Waals surface area contributed by atoms with Crippen molar-refractivity contribution < 1.29 is 4.79 Å². The molecular formula is C14H22N2O. The Hall–Kier alpha value is -1.51. The van der Waals surface area contributed by atoms with Gasteiger partial charge in [-0.1, -0.05) is 26.3 Å². The number of nitrogens with one attached hydrogen (secondary N) is 1. The highest BCUT2D eigenvalue weighted by atomic mass is 16.1. The highest BCUT2D eigenvalue weighted by molar-refractivity contribution is 5.96. The van der Waals surface area contributed by atoms with Crippen LogP contribution in [0.4, 0.5) is 5.69 Å². The van der Waals surface area contributed by atoms with E-state index >= 15 is 0 Å². The molecule has 3 nitrogen and oxygen atoms in total. The molecule has 0 radical (unpaired) electrons. The minimum atomic E-state index is -0.0329. The molecule has 1 aromatic carbocycles. The Balaban J connectivity index is 2.79. The van der Waals surface area contributed by atoms with Crippen molar-refractivity contribution in [3.8, 4) is 0 Å². The Morgan fingerprint density at radius 2 is 2.00 bits per heavy atom. The number of hydrogen-bond acceptors (Lipinski definition) is 2. The highest BCUT2D eigenvalue weighted by Gasteiger charge is 2.11. The van der Waals surface area contributed by atoms with Gasteiger partial charge in [0.2, 0.25) is 0 Å². The molecule has 3 heteroatoms. The largest absolute Gasteiger partial charge is 0.398 e. The summed E-state index contributed by atoms with van der Waals surface area (Å²) >= 11 is 0. The predicted octanol–water partition coefficient (Wildman–Crippen LogP) is 2.66. The van der Waals surface area contributed by atoms with E-state index in [-0.39, 0.29) is 5.91 Å². The van der Waals surface area contributed by atoms with Crippen molar-refractivity contribution in [1.29, 1.82) is 0 Å². The first-order valence-corrected chi connectivity index (χ1v) is 6.10. The van der Waals surface area contributed by atoms with Gasteiger partial charge < -0.3 is 11.1 Å². The van der Waals surface area contributed by atoms with Gasteiger partial charge in [-0.25, -0.2) is 0 Å². The van der Waals surface area contributed by atoms with Crippen LogP contribution in [0.25, 0.3) is 0 Å². The average Bonchev–Trinajstić information content (AvgIpc) is 2.30. The summed E-state index contributed by atoms with van der Waals surface area (Å²) in [5, 5.41) is 2.94. The van der Waals surface area contributed by atoms with Crippen LogP contribution in [0.3, 0.4) is 0 Å². The molecule has 0 aliphatic rings. The number of benzene rings is 1. The smallest absolute Gasteiger partial charge is 0.251 e. The van der Waals surface area contributed by atoms with Crippen molar-refractivity contribution in [1.82, 2.24) is 5.32 Å². The first-order valence-electron chi connectivity index (χ1n) is 6.10. The van der Waals surface area contributed by atoms with Crippen LogP contribution in [0, 0.1) is 19.8 Å². The molecule has 0 spiro atoms. The van der Waals surface area contributed by atoms with Crippen LogP contribution in [0.1, 0.15) is 41.8 Å². The van der Waals surface area contributed by atoms with Gasteiger partial charge in [-0.15, -0.1) is 0 Å². The Labute approximate surface area is 103 Å². The van der Waals surface area contributed by atoms with E-state index in [1.807, 2.05) is 19.9 Å². The Kier molecular flexibility index (Phi) is 4.55. The molecular weight excluding hydrogens is 212 g/mol. The van der Waals surface area contributed by atoms with Gasteiger partial charge in [-0.05, 0) is 37.0 Å². The quantitative estimate of drug-likeness (QED) is 0.787. The lowest BCUT2D eigenvalue weighted by Gasteiger charge is -2.13. The summed E-state index contributed by atoms with van der Waals surface area (Å²) in [7, 11) is 0. The molecule has 0 bridgehead atoms. The lowest BCUT2D eigenvalue weighted by Crippen LogP contribution is -2.28. The monoisotopic (exact) mass is 234 g/mol. The molecule has 1 aromatic rings. The van der Waals surface area contributed by atoms with E-state index in [2.05, 4.69) is 19.2 Å². The average molecular weight is 234 g/mol. The number of anilines is 1. The van der Waals surface area contributed by atoms with Gasteiger partial charge in [0, 0.05) is 17.8 Å². The van der Waals surface area contributed by atoms with Crippen molar-refractivity contribution in [3.63, 3.8) is 0 Å². The minimum Gasteiger partial charge on any atom is -0.398 e. The fraction of sp³-hybridized carbons (Fsp3) is 0.500. The number of nitrogen functional groups attached to an aromatic ring is 1. The molecule has 17 heavy (non-hydrogen) atoms. The molecule has 3 N–H and O–H groups in total. The van der Waals surface area contributed by atoms with Crippen LogP contribution in [0.2, 0.25) is 0 Å². The summed E-state index contributed by atoms with van der Waals surface area (Å²) in [5.41, 5.74) is 9.16. The molecule has 0 aliphatic carbocycles. The van der Waals surface area contributed by atoms with E-state index in [4.69, 9.17) is 5.73 Å². The second-order valence-electron chi connectivity index (χ2n) is 4.75. The van der Waals surface area contributed by atoms with Gasteiger partial charge in [-0.2, -0.15) is 0 Å². The summed E-state index contributed by atoms with van der Waals surface area (Å²) in [6, 6.07) is 3.71. The standard InChI is InChI=1S/C14H22N2O/c1-5-9(2)8-16-14(17)12-7-13(15)11(4)6-10(12)3/h6-7,9H,5,8,15H2,1-4H3,(H,16,17). The molecule has 1 amide bonds. The Bertz CT molecular complexity index is 413. The molecule has 1 rings (SSSR count). The fourth-order valence-corrected chi connectivity index (χ4v) is 1.62. The van der Waals surface area contributed by atoms with Gasteiger partial charge in [0.15, 0.2) is 0 Å². The van der Waals surface area contributed by atoms with E-state index in [9.17, 15) is 4.79 Å². The third-order valence-electron chi connectivity index (χ3n) is 3.17. The lowest BCUT2D eigenvalue weighted by atomic mass is 10.0. The summed E-state index contributed by atoms with van der Waals surface area (Å²) in [6.07, 6.45) is 1.06. The SMILES string of the molecule is CCC(C)CNC(=O)c1cc(N)c(C)cc1C. The van der Waals surface area contributed by atoms with Crippen LogP contribution in [-0.2, 0) is 0 Å². The van der Waals surface area contributed by atoms with Gasteiger partial charge in [0.25, 0.3) is 5.91 Å². The van der Waals surface area contributed by atoms with E-state index in [0.717, 1.165) is 17.5 Å². The second-order valence-corrected chi connectivity index (χ2v) is 4.75. The summed E-state index contributed by atoms with van der Waals surface area (Å²) in [5.74, 6) is 0.469. The third-order valence-corrected chi connectivity index (χ3v) is 3.17. The number of aryl methyl sites for hydroxylation is 2. The lowest BCUT2D eigenvalue weighted by molar-refractivity contribution is 0.0947. The molecule has 0 saturated carbocycles. The molecule has 0 saturated heterocycles. The molecule has 0 aliphatic heterocycles. The van der Waals surface area contributed by atoms with E-state index in [0.29, 0.717) is 23.7 Å². The molecule has 0 aromatic heterocycles. The maximum absolute atomic E-state index is 12.0. The first kappa shape index (κ1) is 13.6. The Morgan fingerprint density at radius 1 is 1.35 bits per heavy atom. The minimum absolute atomic E-state index is 0.0329. The molecule has 1 atom stereocenters. The van der Waals surface area contributed by atoms with Crippen molar-refractivity contribution in [2.24, 2.45) is 5.92 Å². The number of carbonyl (C=O) groups excluding carboxylic acids is 1. The van der Waals surface area contributed by atoms with E-state index in [1.54, 1.807) is 6.07 Å². The van der Waals surface area contributed by atoms with Crippen molar-refractivity contribution >= 4 is 11.6 Å². The normalized spacial score (nSPS) is 12.2. The number of carbonyl (C=O) groups is 1. The first-order chi connectivity index (χ1) is 7.95. The molecule has 94 valence electrons. The molecule has 0 fully saturated rings. The van der Waals surface area contributed by atoms with Gasteiger partial charge in [-0.3, -0.25) is 4.79 Å². The number of hydrogen-bond donors (Lipinski definition) is 2. The third kappa shape index (κ3) is 3.48. The van der Waals surface area contributed by atoms with Crippen molar-refractivity contribution in [2.45, 2.75) is 34.1 Å². The van der Waals surface area contributed by atoms with Gasteiger partial charge >= 0.3 is 0 Å². The van der Waals surface area contributed by atoms with Crippen molar-refractivity contribution in [2.75, 3.05) is 12.3 Å². The maximum Gasteiger partial charge on any atom is 0.251 e. The zero-order valence-corrected chi connectivity index (χ0v) is 11.1. The number of amides is 1. The topological polar surface area (TPSA) is 55.1 Å². The molecule has 1 unspecified atom stereocenters. The Morgan fingerprint density at radius 3 is 2.59 bits per heavy atom. The number of rotatable bonds is 4. The van der Waals surface area contributed by atoms with E-state index < -0.39 is 0 Å². The van der Waals surface area contributed by atoms with Crippen LogP contribution < -0.4 is 11.1 Å². The highest BCUT2D eigenvalue weighted by Crippen LogP contribution is 2.17. The fourth-order valence-electron chi connectivity index (χ4n) is 1.62. The predicted molar refractivity (Wildman–Crippen MR) is 72.1 cm³/mol. The zero-order chi connectivity index (χ0) is 13.0. The van der Waals surface area contributed by atoms with Crippen LogP contribution in [0.5, 0.6) is 0 Å². The van der Waals surface area contributed by atoms with Gasteiger partial charge in [0.05, 0.1) is 0 Å². The maximum atomic E-state index is 12.0. The van der Waals surface area contributed by atoms with Crippen LogP contribution in [-0.4, -0.2) is 12.5 Å². The van der Waals surface area contributed by atoms with Crippen LogP contribution in [0.15, 0.2) is 12.1 Å². The van der Waals surface area contributed by atoms with Crippen LogP contribution >= 0.6 is 0 Å². The van der Waals surface area contributed by atoms with Gasteiger partial charge in [0.1, 0.15) is 0 Å². The van der Waals surface area contributed by atoms with E-state index in [1.165, 1.54) is 0 Å². The summed E-state index contributed by atoms with van der Waals surface area (Å²) in [4.78, 5) is 12.0. The summed E-state index contributed by atoms with van der Waals surface area (Å²) < 4.78 is 0. The van der Waals surface area contributed by atoms with Crippen molar-refractivity contribution in [3.05, 3.63) is 28.8 Å². The zero-order valence-electron chi connectivity index (χ0n) is 11.1. The second kappa shape index (κ2) is 5.71. The molecule has 0 heterocycles.